The second-order valence-electron chi connectivity index (χ2n) is 8.34. The van der Waals surface area contributed by atoms with Crippen LogP contribution < -0.4 is 0 Å². The number of pyridine rings is 2. The summed E-state index contributed by atoms with van der Waals surface area (Å²) in [7, 11) is 0. The summed E-state index contributed by atoms with van der Waals surface area (Å²) in [6.45, 7) is 0. The van der Waals surface area contributed by atoms with Crippen molar-refractivity contribution in [3.63, 3.8) is 0 Å². The molecule has 0 amide bonds. The Bertz CT molecular complexity index is 1680. The Morgan fingerprint density at radius 1 is 0.455 bits per heavy atom. The molecule has 0 atom stereocenters. The summed E-state index contributed by atoms with van der Waals surface area (Å²) in [5.74, 6) is 0. The number of fused-ring (bicyclic) bond motifs is 6. The molecule has 2 nitrogen and oxygen atoms in total. The van der Waals surface area contributed by atoms with Crippen molar-refractivity contribution in [1.29, 1.82) is 0 Å². The Morgan fingerprint density at radius 2 is 0.939 bits per heavy atom. The molecule has 2 aliphatic rings. The zero-order chi connectivity index (χ0) is 21.9. The smallest absolute Gasteiger partial charge is 0.130 e. The number of rotatable bonds is 0. The lowest BCUT2D eigenvalue weighted by molar-refractivity contribution is 1.42. The van der Waals surface area contributed by atoms with Gasteiger partial charge in [0.15, 0.2) is 0 Å². The van der Waals surface area contributed by atoms with Gasteiger partial charge >= 0.3 is 0 Å². The van der Waals surface area contributed by atoms with E-state index < -0.39 is 0 Å². The molecule has 0 radical (unpaired) electrons. The van der Waals surface area contributed by atoms with E-state index in [1.54, 1.807) is 0 Å². The largest absolute Gasteiger partial charge is 0.256 e. The second kappa shape index (κ2) is 6.99. The summed E-state index contributed by atoms with van der Waals surface area (Å²) >= 11 is 6.08. The summed E-state index contributed by atoms with van der Waals surface area (Å²) in [4.78, 5) is 8.81. The number of benzene rings is 4. The van der Waals surface area contributed by atoms with Gasteiger partial charge in [-0.25, -0.2) is 4.98 Å². The fourth-order valence-corrected chi connectivity index (χ4v) is 5.45. The van der Waals surface area contributed by atoms with Crippen LogP contribution in [0, 0.1) is 0 Å². The van der Waals surface area contributed by atoms with Crippen molar-refractivity contribution in [2.45, 2.75) is 0 Å². The predicted octanol–water partition coefficient (Wildman–Crippen LogP) is 8.42. The Kier molecular flexibility index (Phi) is 3.93. The van der Waals surface area contributed by atoms with E-state index in [1.807, 2.05) is 24.4 Å². The van der Waals surface area contributed by atoms with Crippen molar-refractivity contribution in [3.8, 4) is 44.5 Å². The zero-order valence-corrected chi connectivity index (χ0v) is 18.3. The third-order valence-corrected chi connectivity index (χ3v) is 6.78. The van der Waals surface area contributed by atoms with Crippen LogP contribution >= 0.6 is 11.6 Å². The molecule has 3 heteroatoms. The molecule has 33 heavy (non-hydrogen) atoms. The fourth-order valence-electron chi connectivity index (χ4n) is 5.25. The highest BCUT2D eigenvalue weighted by atomic mass is 35.5. The van der Waals surface area contributed by atoms with Crippen LogP contribution in [0.3, 0.4) is 0 Å². The Labute approximate surface area is 196 Å². The van der Waals surface area contributed by atoms with Gasteiger partial charge in [0.25, 0.3) is 0 Å². The highest BCUT2D eigenvalue weighted by molar-refractivity contribution is 6.31. The molecule has 0 fully saturated rings. The zero-order valence-electron chi connectivity index (χ0n) is 17.6. The number of nitrogens with zero attached hydrogens (tertiary/aromatic N) is 2. The van der Waals surface area contributed by atoms with Crippen molar-refractivity contribution in [1.82, 2.24) is 9.97 Å². The Morgan fingerprint density at radius 3 is 1.58 bits per heavy atom. The van der Waals surface area contributed by atoms with Crippen molar-refractivity contribution in [2.75, 3.05) is 0 Å². The lowest BCUT2D eigenvalue weighted by atomic mass is 10.1. The summed E-state index contributed by atoms with van der Waals surface area (Å²) < 4.78 is 0. The van der Waals surface area contributed by atoms with Gasteiger partial charge in [-0.1, -0.05) is 84.4 Å². The van der Waals surface area contributed by atoms with Gasteiger partial charge in [-0.3, -0.25) is 4.98 Å². The van der Waals surface area contributed by atoms with Gasteiger partial charge in [0.2, 0.25) is 0 Å². The van der Waals surface area contributed by atoms with Crippen molar-refractivity contribution in [2.24, 2.45) is 0 Å². The van der Waals surface area contributed by atoms with Crippen molar-refractivity contribution in [3.05, 3.63) is 108 Å². The van der Waals surface area contributed by atoms with Crippen LogP contribution in [-0.2, 0) is 0 Å². The maximum atomic E-state index is 6.08. The number of aromatic nitrogens is 2. The van der Waals surface area contributed by atoms with Gasteiger partial charge in [-0.05, 0) is 68.8 Å². The summed E-state index contributed by atoms with van der Waals surface area (Å²) in [6, 6.07) is 33.6. The molecule has 154 valence electrons. The van der Waals surface area contributed by atoms with Gasteiger partial charge in [-0.15, -0.1) is 0 Å². The first-order chi connectivity index (χ1) is 16.3. The number of halogens is 1. The lowest BCUT2D eigenvalue weighted by Gasteiger charge is -2.01. The van der Waals surface area contributed by atoms with Crippen LogP contribution in [0.1, 0.15) is 0 Å². The second-order valence-corrected chi connectivity index (χ2v) is 8.73. The molecule has 0 spiro atoms. The van der Waals surface area contributed by atoms with Crippen molar-refractivity contribution < 1.29 is 0 Å². The molecule has 0 N–H and O–H groups in total. The Hall–Kier alpha value is -4.01. The number of hydrogen-bond donors (Lipinski definition) is 0. The van der Waals surface area contributed by atoms with Gasteiger partial charge in [-0.2, -0.15) is 0 Å². The third kappa shape index (κ3) is 2.68. The minimum atomic E-state index is 0.557. The fraction of sp³-hybridized carbons (Fsp3) is 0. The maximum Gasteiger partial charge on any atom is 0.130 e. The number of hydrogen-bond acceptors (Lipinski definition) is 2. The minimum absolute atomic E-state index is 0.557. The van der Waals surface area contributed by atoms with E-state index in [1.165, 1.54) is 55.3 Å². The van der Waals surface area contributed by atoms with E-state index in [-0.39, 0.29) is 0 Å². The van der Waals surface area contributed by atoms with E-state index in [2.05, 4.69) is 88.8 Å². The molecular weight excluding hydrogens is 424 g/mol. The normalized spacial score (nSPS) is 11.8. The highest BCUT2D eigenvalue weighted by Crippen LogP contribution is 2.47. The van der Waals surface area contributed by atoms with Crippen LogP contribution in [0.15, 0.2) is 103 Å². The van der Waals surface area contributed by atoms with Crippen LogP contribution in [0.5, 0.6) is 0 Å². The van der Waals surface area contributed by atoms with Crippen LogP contribution in [0.4, 0.5) is 0 Å². The van der Waals surface area contributed by atoms with Crippen molar-refractivity contribution >= 4 is 33.4 Å². The molecule has 2 heterocycles. The van der Waals surface area contributed by atoms with Crippen LogP contribution in [0.25, 0.3) is 66.3 Å². The molecule has 0 aliphatic heterocycles. The molecule has 6 aromatic rings. The molecule has 0 saturated carbocycles. The lowest BCUT2D eigenvalue weighted by Crippen LogP contribution is -1.81. The SMILES string of the molecule is Clc1cc2c3c(cccc3n1)-c1ccccc1-2.c1ccc2c(c1)-c1cccc3nccc-2c13. The average molecular weight is 441 g/mol. The standard InChI is InChI=1S/C15H8ClN.C15H9N/c16-14-8-12-10-5-2-1-4-9(10)11-6-3-7-13(17-14)15(11)12;1-2-5-11-10(4-1)12-6-3-7-14-15(12)13(11)8-9-16-14/h1-8H;1-9H. The molecule has 8 rings (SSSR count). The maximum absolute atomic E-state index is 6.08. The first kappa shape index (κ1) is 18.6. The topological polar surface area (TPSA) is 25.8 Å². The minimum Gasteiger partial charge on any atom is -0.256 e. The first-order valence-electron chi connectivity index (χ1n) is 11.0. The van der Waals surface area contributed by atoms with E-state index in [9.17, 15) is 0 Å². The summed E-state index contributed by atoms with van der Waals surface area (Å²) in [5.41, 5.74) is 12.3. The summed E-state index contributed by atoms with van der Waals surface area (Å²) in [6.07, 6.45) is 1.89. The quantitative estimate of drug-likeness (QED) is 0.221. The highest BCUT2D eigenvalue weighted by Gasteiger charge is 2.22. The van der Waals surface area contributed by atoms with E-state index in [0.717, 1.165) is 11.0 Å². The van der Waals surface area contributed by atoms with Gasteiger partial charge in [0.1, 0.15) is 5.15 Å². The molecule has 2 aliphatic carbocycles. The first-order valence-corrected chi connectivity index (χ1v) is 11.3. The van der Waals surface area contributed by atoms with E-state index >= 15 is 0 Å². The van der Waals surface area contributed by atoms with Crippen LogP contribution in [0.2, 0.25) is 5.15 Å². The third-order valence-electron chi connectivity index (χ3n) is 6.58. The molecule has 0 saturated heterocycles. The molecule has 2 aromatic heterocycles. The monoisotopic (exact) mass is 440 g/mol. The van der Waals surface area contributed by atoms with Gasteiger partial charge < -0.3 is 0 Å². The van der Waals surface area contributed by atoms with E-state index in [4.69, 9.17) is 11.6 Å². The van der Waals surface area contributed by atoms with Gasteiger partial charge in [0, 0.05) is 17.0 Å². The predicted molar refractivity (Wildman–Crippen MR) is 137 cm³/mol. The van der Waals surface area contributed by atoms with E-state index in [0.29, 0.717) is 5.15 Å². The summed E-state index contributed by atoms with van der Waals surface area (Å²) in [5, 5.41) is 3.07. The average Bonchev–Trinajstić information content (AvgIpc) is 3.36. The molecule has 0 bridgehead atoms. The van der Waals surface area contributed by atoms with Crippen LogP contribution in [-0.4, -0.2) is 9.97 Å². The Balaban J connectivity index is 0.000000115. The molecule has 0 unspecified atom stereocenters. The molecular formula is C30H17ClN2. The van der Waals surface area contributed by atoms with Gasteiger partial charge in [0.05, 0.1) is 11.0 Å². The molecule has 4 aromatic carbocycles.